The number of phenols is 1. The second-order valence-electron chi connectivity index (χ2n) is 4.07. The molecule has 19 heavy (non-hydrogen) atoms. The van der Waals surface area contributed by atoms with Crippen LogP contribution in [0.1, 0.15) is 11.3 Å². The molecule has 0 saturated carbocycles. The molecule has 2 aromatic rings. The smallest absolute Gasteiger partial charge is 0.266 e. The molecule has 2 rings (SSSR count). The molecular formula is C14H12N2O3. The van der Waals surface area contributed by atoms with E-state index in [1.807, 2.05) is 6.07 Å². The fourth-order valence-corrected chi connectivity index (χ4v) is 1.87. The molecule has 0 spiro atoms. The van der Waals surface area contributed by atoms with Crippen LogP contribution in [-0.4, -0.2) is 17.2 Å². The molecule has 0 saturated heterocycles. The summed E-state index contributed by atoms with van der Waals surface area (Å²) in [5, 5.41) is 18.6. The van der Waals surface area contributed by atoms with Gasteiger partial charge in [0, 0.05) is 11.3 Å². The van der Waals surface area contributed by atoms with E-state index < -0.39 is 5.56 Å². The van der Waals surface area contributed by atoms with Crippen LogP contribution in [-0.2, 0) is 0 Å². The van der Waals surface area contributed by atoms with E-state index in [9.17, 15) is 9.90 Å². The van der Waals surface area contributed by atoms with Gasteiger partial charge in [0.25, 0.3) is 5.56 Å². The van der Waals surface area contributed by atoms with Crippen molar-refractivity contribution < 1.29 is 9.84 Å². The summed E-state index contributed by atoms with van der Waals surface area (Å²) in [7, 11) is 1.44. The maximum Gasteiger partial charge on any atom is 0.266 e. The lowest BCUT2D eigenvalue weighted by Gasteiger charge is -2.08. The number of hydrogen-bond acceptors (Lipinski definition) is 4. The lowest BCUT2D eigenvalue weighted by Crippen LogP contribution is -2.12. The number of H-pyrrole nitrogens is 1. The normalized spacial score (nSPS) is 9.95. The van der Waals surface area contributed by atoms with Crippen LogP contribution in [0.2, 0.25) is 0 Å². The average molecular weight is 256 g/mol. The average Bonchev–Trinajstić information content (AvgIpc) is 2.38. The van der Waals surface area contributed by atoms with E-state index >= 15 is 0 Å². The highest BCUT2D eigenvalue weighted by molar-refractivity contribution is 5.72. The zero-order valence-electron chi connectivity index (χ0n) is 10.5. The van der Waals surface area contributed by atoms with E-state index in [0.29, 0.717) is 22.6 Å². The Hall–Kier alpha value is -2.74. The van der Waals surface area contributed by atoms with Crippen molar-refractivity contribution in [2.75, 3.05) is 7.11 Å². The van der Waals surface area contributed by atoms with Crippen molar-refractivity contribution in [3.8, 4) is 28.7 Å². The highest BCUT2D eigenvalue weighted by atomic mass is 16.5. The molecule has 0 fully saturated rings. The van der Waals surface area contributed by atoms with E-state index in [1.165, 1.54) is 13.2 Å². The van der Waals surface area contributed by atoms with Gasteiger partial charge in [-0.25, -0.2) is 0 Å². The topological polar surface area (TPSA) is 86.1 Å². The third kappa shape index (κ3) is 2.29. The zero-order valence-corrected chi connectivity index (χ0v) is 10.5. The monoisotopic (exact) mass is 256 g/mol. The minimum absolute atomic E-state index is 0.00585. The zero-order chi connectivity index (χ0) is 14.0. The van der Waals surface area contributed by atoms with Crippen molar-refractivity contribution in [3.05, 3.63) is 45.9 Å². The minimum Gasteiger partial charge on any atom is -0.504 e. The first-order valence-corrected chi connectivity index (χ1v) is 5.58. The fourth-order valence-electron chi connectivity index (χ4n) is 1.87. The minimum atomic E-state index is -0.426. The summed E-state index contributed by atoms with van der Waals surface area (Å²) < 4.78 is 5.02. The van der Waals surface area contributed by atoms with Crippen molar-refractivity contribution in [1.82, 2.24) is 4.98 Å². The molecule has 1 aromatic carbocycles. The van der Waals surface area contributed by atoms with Gasteiger partial charge in [0.05, 0.1) is 7.11 Å². The van der Waals surface area contributed by atoms with Crippen molar-refractivity contribution >= 4 is 0 Å². The van der Waals surface area contributed by atoms with Crippen LogP contribution in [0, 0.1) is 18.3 Å². The highest BCUT2D eigenvalue weighted by Gasteiger charge is 2.12. The Bertz CT molecular complexity index is 726. The van der Waals surface area contributed by atoms with Gasteiger partial charge in [-0.3, -0.25) is 4.79 Å². The summed E-state index contributed by atoms with van der Waals surface area (Å²) in [6.45, 7) is 1.74. The number of phenolic OH excluding ortho intramolecular Hbond substituents is 1. The number of aryl methyl sites for hydroxylation is 1. The number of aromatic nitrogens is 1. The SMILES string of the molecule is COc1cc(-c2cc(C)[nH]c(=O)c2C#N)ccc1O. The summed E-state index contributed by atoms with van der Waals surface area (Å²) in [5.74, 6) is 0.297. The Morgan fingerprint density at radius 3 is 2.74 bits per heavy atom. The van der Waals surface area contributed by atoms with Gasteiger partial charge in [0.2, 0.25) is 0 Å². The van der Waals surface area contributed by atoms with Gasteiger partial charge in [-0.2, -0.15) is 5.26 Å². The van der Waals surface area contributed by atoms with Crippen LogP contribution in [0.15, 0.2) is 29.1 Å². The molecular weight excluding hydrogens is 244 g/mol. The van der Waals surface area contributed by atoms with Crippen molar-refractivity contribution in [3.63, 3.8) is 0 Å². The molecule has 5 heteroatoms. The first kappa shape index (κ1) is 12.7. The van der Waals surface area contributed by atoms with Crippen LogP contribution in [0.4, 0.5) is 0 Å². The molecule has 96 valence electrons. The Morgan fingerprint density at radius 2 is 2.11 bits per heavy atom. The summed E-state index contributed by atoms with van der Waals surface area (Å²) in [6.07, 6.45) is 0. The van der Waals surface area contributed by atoms with Crippen LogP contribution in [0.25, 0.3) is 11.1 Å². The molecule has 0 atom stereocenters. The largest absolute Gasteiger partial charge is 0.504 e. The second-order valence-corrected chi connectivity index (χ2v) is 4.07. The van der Waals surface area contributed by atoms with Crippen LogP contribution >= 0.6 is 0 Å². The quantitative estimate of drug-likeness (QED) is 0.859. The van der Waals surface area contributed by atoms with Gasteiger partial charge < -0.3 is 14.8 Å². The Morgan fingerprint density at radius 1 is 1.37 bits per heavy atom. The maximum absolute atomic E-state index is 11.7. The molecule has 1 aromatic heterocycles. The lowest BCUT2D eigenvalue weighted by atomic mass is 10.0. The molecule has 0 radical (unpaired) electrons. The van der Waals surface area contributed by atoms with Crippen molar-refractivity contribution in [2.45, 2.75) is 6.92 Å². The number of ether oxygens (including phenoxy) is 1. The van der Waals surface area contributed by atoms with Crippen LogP contribution in [0.3, 0.4) is 0 Å². The Kier molecular flexibility index (Phi) is 3.25. The molecule has 0 aliphatic heterocycles. The highest BCUT2D eigenvalue weighted by Crippen LogP contribution is 2.32. The molecule has 0 aliphatic rings. The van der Waals surface area contributed by atoms with E-state index in [1.54, 1.807) is 25.1 Å². The molecule has 2 N–H and O–H groups in total. The molecule has 0 unspecified atom stereocenters. The second kappa shape index (κ2) is 4.86. The van der Waals surface area contributed by atoms with E-state index in [4.69, 9.17) is 10.00 Å². The molecule has 0 amide bonds. The van der Waals surface area contributed by atoms with Gasteiger partial charge in [0.15, 0.2) is 11.5 Å². The number of nitriles is 1. The number of nitrogens with one attached hydrogen (secondary N) is 1. The first-order chi connectivity index (χ1) is 9.06. The van der Waals surface area contributed by atoms with Crippen molar-refractivity contribution in [2.24, 2.45) is 0 Å². The third-order valence-electron chi connectivity index (χ3n) is 2.77. The first-order valence-electron chi connectivity index (χ1n) is 5.58. The summed E-state index contributed by atoms with van der Waals surface area (Å²) in [5.41, 5.74) is 1.43. The number of rotatable bonds is 2. The van der Waals surface area contributed by atoms with Crippen molar-refractivity contribution in [1.29, 1.82) is 5.26 Å². The number of methoxy groups -OCH3 is 1. The summed E-state index contributed by atoms with van der Waals surface area (Å²) in [6, 6.07) is 8.29. The van der Waals surface area contributed by atoms with Gasteiger partial charge >= 0.3 is 0 Å². The van der Waals surface area contributed by atoms with Crippen LogP contribution < -0.4 is 10.3 Å². The molecule has 0 bridgehead atoms. The fraction of sp³-hybridized carbons (Fsp3) is 0.143. The third-order valence-corrected chi connectivity index (χ3v) is 2.77. The molecule has 5 nitrogen and oxygen atoms in total. The van der Waals surface area contributed by atoms with E-state index in [-0.39, 0.29) is 11.3 Å². The molecule has 1 heterocycles. The predicted octanol–water partition coefficient (Wildman–Crippen LogP) is 1.94. The van der Waals surface area contributed by atoms with E-state index in [2.05, 4.69) is 4.98 Å². The van der Waals surface area contributed by atoms with Gasteiger partial charge in [0.1, 0.15) is 11.6 Å². The number of aromatic hydroxyl groups is 1. The number of benzene rings is 1. The Labute approximate surface area is 109 Å². The number of hydrogen-bond donors (Lipinski definition) is 2. The molecule has 0 aliphatic carbocycles. The number of nitrogens with zero attached hydrogens (tertiary/aromatic N) is 1. The van der Waals surface area contributed by atoms with Gasteiger partial charge in [-0.1, -0.05) is 6.07 Å². The maximum atomic E-state index is 11.7. The predicted molar refractivity (Wildman–Crippen MR) is 70.2 cm³/mol. The Balaban J connectivity index is 2.72. The van der Waals surface area contributed by atoms with Gasteiger partial charge in [-0.05, 0) is 30.7 Å². The summed E-state index contributed by atoms with van der Waals surface area (Å²) >= 11 is 0. The number of aromatic amines is 1. The standard InChI is InChI=1S/C14H12N2O3/c1-8-5-10(11(7-15)14(18)16-8)9-3-4-12(17)13(6-9)19-2/h3-6,17H,1-2H3,(H,16,18). The summed E-state index contributed by atoms with van der Waals surface area (Å²) in [4.78, 5) is 14.3. The van der Waals surface area contributed by atoms with Crippen LogP contribution in [0.5, 0.6) is 11.5 Å². The van der Waals surface area contributed by atoms with E-state index in [0.717, 1.165) is 0 Å². The van der Waals surface area contributed by atoms with Gasteiger partial charge in [-0.15, -0.1) is 0 Å². The lowest BCUT2D eigenvalue weighted by molar-refractivity contribution is 0.373. The number of pyridine rings is 1.